The molecule has 0 aromatic rings. The lowest BCUT2D eigenvalue weighted by Crippen LogP contribution is -2.47. The van der Waals surface area contributed by atoms with Crippen LogP contribution in [0.25, 0.3) is 0 Å². The quantitative estimate of drug-likeness (QED) is 0.377. The third kappa shape index (κ3) is 1.70. The molecule has 0 heterocycles. The number of hydrogen-bond donors (Lipinski definition) is 4. The SMILES string of the molecule is OC[C@H]1CC[C@@H](O)[C@H](O)[C@H]1O. The molecule has 4 heteroatoms. The van der Waals surface area contributed by atoms with Crippen molar-refractivity contribution in [3.63, 3.8) is 0 Å². The van der Waals surface area contributed by atoms with E-state index in [1.807, 2.05) is 0 Å². The topological polar surface area (TPSA) is 80.9 Å². The maximum atomic E-state index is 9.24. The molecule has 1 aliphatic rings. The average molecular weight is 162 g/mol. The van der Waals surface area contributed by atoms with Crippen molar-refractivity contribution >= 4 is 0 Å². The van der Waals surface area contributed by atoms with E-state index < -0.39 is 18.3 Å². The molecule has 0 saturated heterocycles. The summed E-state index contributed by atoms with van der Waals surface area (Å²) in [5, 5.41) is 36.2. The Balaban J connectivity index is 2.52. The Labute approximate surface area is 65.1 Å². The smallest absolute Gasteiger partial charge is 0.106 e. The van der Waals surface area contributed by atoms with E-state index in [1.54, 1.807) is 0 Å². The molecule has 1 saturated carbocycles. The maximum absolute atomic E-state index is 9.24. The first-order valence-corrected chi connectivity index (χ1v) is 3.82. The second-order valence-electron chi connectivity index (χ2n) is 3.07. The lowest BCUT2D eigenvalue weighted by atomic mass is 9.83. The summed E-state index contributed by atoms with van der Waals surface area (Å²) >= 11 is 0. The highest BCUT2D eigenvalue weighted by Crippen LogP contribution is 2.24. The molecule has 66 valence electrons. The van der Waals surface area contributed by atoms with E-state index in [0.717, 1.165) is 0 Å². The van der Waals surface area contributed by atoms with Crippen molar-refractivity contribution in [1.29, 1.82) is 0 Å². The van der Waals surface area contributed by atoms with Crippen LogP contribution >= 0.6 is 0 Å². The second kappa shape index (κ2) is 3.49. The van der Waals surface area contributed by atoms with Crippen LogP contribution < -0.4 is 0 Å². The van der Waals surface area contributed by atoms with Gasteiger partial charge in [0.2, 0.25) is 0 Å². The summed E-state index contributed by atoms with van der Waals surface area (Å²) in [5.74, 6) is -0.284. The van der Waals surface area contributed by atoms with Crippen molar-refractivity contribution in [3.8, 4) is 0 Å². The van der Waals surface area contributed by atoms with Crippen LogP contribution in [-0.4, -0.2) is 45.3 Å². The molecule has 0 bridgehead atoms. The number of hydrogen-bond acceptors (Lipinski definition) is 4. The van der Waals surface area contributed by atoms with Crippen LogP contribution in [0.2, 0.25) is 0 Å². The van der Waals surface area contributed by atoms with Gasteiger partial charge in [-0.05, 0) is 12.8 Å². The van der Waals surface area contributed by atoms with Gasteiger partial charge in [0.1, 0.15) is 6.10 Å². The Bertz CT molecular complexity index is 126. The molecule has 0 radical (unpaired) electrons. The Morgan fingerprint density at radius 1 is 1.00 bits per heavy atom. The largest absolute Gasteiger partial charge is 0.396 e. The third-order valence-electron chi connectivity index (χ3n) is 2.29. The minimum atomic E-state index is -1.10. The minimum Gasteiger partial charge on any atom is -0.396 e. The molecule has 1 rings (SSSR count). The highest BCUT2D eigenvalue weighted by atomic mass is 16.4. The molecule has 1 fully saturated rings. The van der Waals surface area contributed by atoms with Crippen molar-refractivity contribution < 1.29 is 20.4 Å². The number of aliphatic hydroxyl groups is 4. The first kappa shape index (κ1) is 8.93. The lowest BCUT2D eigenvalue weighted by molar-refractivity contribution is -0.118. The summed E-state index contributed by atoms with van der Waals surface area (Å²) in [6.07, 6.45) is -1.91. The van der Waals surface area contributed by atoms with Crippen LogP contribution in [0.3, 0.4) is 0 Å². The zero-order chi connectivity index (χ0) is 8.43. The normalized spacial score (nSPS) is 45.8. The molecule has 4 nitrogen and oxygen atoms in total. The zero-order valence-electron chi connectivity index (χ0n) is 6.22. The van der Waals surface area contributed by atoms with Gasteiger partial charge in [-0.2, -0.15) is 0 Å². The highest BCUT2D eigenvalue weighted by Gasteiger charge is 2.35. The van der Waals surface area contributed by atoms with E-state index in [9.17, 15) is 5.11 Å². The van der Waals surface area contributed by atoms with Crippen molar-refractivity contribution in [1.82, 2.24) is 0 Å². The molecule has 1 aliphatic carbocycles. The van der Waals surface area contributed by atoms with Gasteiger partial charge in [-0.3, -0.25) is 0 Å². The van der Waals surface area contributed by atoms with Crippen LogP contribution in [0.4, 0.5) is 0 Å². The lowest BCUT2D eigenvalue weighted by Gasteiger charge is -2.33. The van der Waals surface area contributed by atoms with E-state index in [2.05, 4.69) is 0 Å². The Morgan fingerprint density at radius 2 is 1.64 bits per heavy atom. The highest BCUT2D eigenvalue weighted by molar-refractivity contribution is 4.86. The molecular weight excluding hydrogens is 148 g/mol. The first-order valence-electron chi connectivity index (χ1n) is 3.82. The summed E-state index contributed by atoms with van der Waals surface area (Å²) in [7, 11) is 0. The van der Waals surface area contributed by atoms with Crippen LogP contribution in [0, 0.1) is 5.92 Å². The van der Waals surface area contributed by atoms with Crippen molar-refractivity contribution in [3.05, 3.63) is 0 Å². The molecule has 0 aromatic heterocycles. The molecule has 0 aliphatic heterocycles. The van der Waals surface area contributed by atoms with E-state index in [0.29, 0.717) is 12.8 Å². The van der Waals surface area contributed by atoms with Crippen LogP contribution in [-0.2, 0) is 0 Å². The van der Waals surface area contributed by atoms with E-state index in [1.165, 1.54) is 0 Å². The maximum Gasteiger partial charge on any atom is 0.106 e. The monoisotopic (exact) mass is 162 g/mol. The molecule has 4 N–H and O–H groups in total. The van der Waals surface area contributed by atoms with E-state index in [4.69, 9.17) is 15.3 Å². The molecule has 0 unspecified atom stereocenters. The predicted molar refractivity (Wildman–Crippen MR) is 37.8 cm³/mol. The summed E-state index contributed by atoms with van der Waals surface area (Å²) in [6, 6.07) is 0. The molecule has 0 spiro atoms. The Morgan fingerprint density at radius 3 is 2.18 bits per heavy atom. The van der Waals surface area contributed by atoms with Crippen molar-refractivity contribution in [2.45, 2.75) is 31.2 Å². The van der Waals surface area contributed by atoms with Gasteiger partial charge in [0.15, 0.2) is 0 Å². The van der Waals surface area contributed by atoms with Crippen molar-refractivity contribution in [2.75, 3.05) is 6.61 Å². The van der Waals surface area contributed by atoms with Gasteiger partial charge in [-0.15, -0.1) is 0 Å². The first-order chi connectivity index (χ1) is 5.16. The van der Waals surface area contributed by atoms with Gasteiger partial charge < -0.3 is 20.4 Å². The molecule has 11 heavy (non-hydrogen) atoms. The van der Waals surface area contributed by atoms with Crippen LogP contribution in [0.1, 0.15) is 12.8 Å². The van der Waals surface area contributed by atoms with Crippen molar-refractivity contribution in [2.24, 2.45) is 5.92 Å². The average Bonchev–Trinajstić information content (AvgIpc) is 2.01. The van der Waals surface area contributed by atoms with Gasteiger partial charge in [0, 0.05) is 12.5 Å². The number of aliphatic hydroxyl groups excluding tert-OH is 4. The van der Waals surface area contributed by atoms with Gasteiger partial charge in [-0.1, -0.05) is 0 Å². The Hall–Kier alpha value is -0.160. The summed E-state index contributed by atoms with van der Waals surface area (Å²) < 4.78 is 0. The van der Waals surface area contributed by atoms with Gasteiger partial charge in [0.05, 0.1) is 12.2 Å². The number of rotatable bonds is 1. The predicted octanol–water partition coefficient (Wildman–Crippen LogP) is -1.53. The summed E-state index contributed by atoms with van der Waals surface area (Å²) in [4.78, 5) is 0. The summed E-state index contributed by atoms with van der Waals surface area (Å²) in [6.45, 7) is -0.134. The molecule has 0 aromatic carbocycles. The van der Waals surface area contributed by atoms with Gasteiger partial charge in [-0.25, -0.2) is 0 Å². The Kier molecular flexibility index (Phi) is 2.84. The molecule has 4 atom stereocenters. The fourth-order valence-electron chi connectivity index (χ4n) is 1.43. The van der Waals surface area contributed by atoms with E-state index >= 15 is 0 Å². The van der Waals surface area contributed by atoms with Gasteiger partial charge >= 0.3 is 0 Å². The van der Waals surface area contributed by atoms with Gasteiger partial charge in [0.25, 0.3) is 0 Å². The summed E-state index contributed by atoms with van der Waals surface area (Å²) in [5.41, 5.74) is 0. The van der Waals surface area contributed by atoms with Crippen LogP contribution in [0.15, 0.2) is 0 Å². The molecule has 0 amide bonds. The zero-order valence-corrected chi connectivity index (χ0v) is 6.22. The fourth-order valence-corrected chi connectivity index (χ4v) is 1.43. The standard InChI is InChI=1S/C7H14O4/c8-3-4-1-2-5(9)7(11)6(4)10/h4-11H,1-3H2/t4-,5-,6+,7+/m1/s1. The third-order valence-corrected chi connectivity index (χ3v) is 2.29. The molecular formula is C7H14O4. The minimum absolute atomic E-state index is 0.134. The van der Waals surface area contributed by atoms with Crippen LogP contribution in [0.5, 0.6) is 0 Å². The second-order valence-corrected chi connectivity index (χ2v) is 3.07. The van der Waals surface area contributed by atoms with E-state index in [-0.39, 0.29) is 12.5 Å². The fraction of sp³-hybridized carbons (Fsp3) is 1.00.